The summed E-state index contributed by atoms with van der Waals surface area (Å²) in [5, 5.41) is 10.4. The molecule has 5 aromatic rings. The van der Waals surface area contributed by atoms with Crippen LogP contribution in [-0.2, 0) is 5.75 Å². The number of thioether (sulfide) groups is 1. The van der Waals surface area contributed by atoms with Gasteiger partial charge in [-0.3, -0.25) is 13.8 Å². The molecule has 3 aromatic heterocycles. The van der Waals surface area contributed by atoms with E-state index in [0.29, 0.717) is 22.1 Å². The monoisotopic (exact) mass is 473 g/mol. The number of aromatic nitrogens is 5. The fourth-order valence-corrected chi connectivity index (χ4v) is 4.61. The van der Waals surface area contributed by atoms with Crippen LogP contribution in [0.4, 0.5) is 0 Å². The van der Waals surface area contributed by atoms with Crippen LogP contribution in [-0.4, -0.2) is 24.1 Å². The number of benzene rings is 2. The summed E-state index contributed by atoms with van der Waals surface area (Å²) in [5.74, 6) is 1.22. The molecule has 0 saturated heterocycles. The zero-order valence-electron chi connectivity index (χ0n) is 18.1. The summed E-state index contributed by atoms with van der Waals surface area (Å²) in [6, 6.07) is 21.0. The lowest BCUT2D eigenvalue weighted by Crippen LogP contribution is -2.15. The van der Waals surface area contributed by atoms with Crippen LogP contribution < -0.4 is 5.56 Å². The molecule has 0 fully saturated rings. The molecule has 0 unspecified atom stereocenters. The van der Waals surface area contributed by atoms with Crippen LogP contribution in [0.25, 0.3) is 22.7 Å². The van der Waals surface area contributed by atoms with Crippen molar-refractivity contribution in [3.05, 3.63) is 105 Å². The first-order valence-corrected chi connectivity index (χ1v) is 11.7. The highest BCUT2D eigenvalue weighted by Crippen LogP contribution is 2.31. The van der Waals surface area contributed by atoms with E-state index in [2.05, 4.69) is 28.2 Å². The molecule has 164 valence electrons. The van der Waals surface area contributed by atoms with Gasteiger partial charge in [-0.25, -0.2) is 4.98 Å². The number of hydrogen-bond donors (Lipinski definition) is 0. The van der Waals surface area contributed by atoms with E-state index >= 15 is 0 Å². The van der Waals surface area contributed by atoms with Gasteiger partial charge in [-0.2, -0.15) is 0 Å². The number of nitrogens with zero attached hydrogens (tertiary/aromatic N) is 5. The molecule has 3 heterocycles. The van der Waals surface area contributed by atoms with Crippen LogP contribution in [0.2, 0.25) is 5.02 Å². The summed E-state index contributed by atoms with van der Waals surface area (Å²) >= 11 is 7.58. The summed E-state index contributed by atoms with van der Waals surface area (Å²) in [7, 11) is 0. The van der Waals surface area contributed by atoms with Crippen LogP contribution in [0.15, 0.2) is 82.9 Å². The van der Waals surface area contributed by atoms with Crippen LogP contribution in [0, 0.1) is 13.8 Å². The predicted octanol–water partition coefficient (Wildman–Crippen LogP) is 5.50. The summed E-state index contributed by atoms with van der Waals surface area (Å²) in [5.41, 5.74) is 5.31. The second kappa shape index (κ2) is 8.84. The highest BCUT2D eigenvalue weighted by Gasteiger charge is 2.18. The van der Waals surface area contributed by atoms with Gasteiger partial charge in [0.25, 0.3) is 5.56 Å². The van der Waals surface area contributed by atoms with Gasteiger partial charge in [-0.05, 0) is 67.4 Å². The Balaban J connectivity index is 1.55. The lowest BCUT2D eigenvalue weighted by atomic mass is 10.1. The zero-order chi connectivity index (χ0) is 22.9. The van der Waals surface area contributed by atoms with Crippen molar-refractivity contribution < 1.29 is 0 Å². The van der Waals surface area contributed by atoms with Gasteiger partial charge in [0.05, 0.1) is 11.4 Å². The van der Waals surface area contributed by atoms with E-state index in [1.165, 1.54) is 11.8 Å². The van der Waals surface area contributed by atoms with E-state index in [1.54, 1.807) is 16.7 Å². The minimum atomic E-state index is -0.0992. The summed E-state index contributed by atoms with van der Waals surface area (Å²) < 4.78 is 3.59. The largest absolute Gasteiger partial charge is 0.270 e. The summed E-state index contributed by atoms with van der Waals surface area (Å²) in [6.45, 7) is 4.04. The maximum Gasteiger partial charge on any atom is 0.258 e. The molecule has 0 aliphatic rings. The Kier molecular flexibility index (Phi) is 5.74. The second-order valence-corrected chi connectivity index (χ2v) is 9.12. The Bertz CT molecular complexity index is 1520. The Morgan fingerprint density at radius 2 is 1.76 bits per heavy atom. The van der Waals surface area contributed by atoms with E-state index in [9.17, 15) is 4.79 Å². The molecule has 8 heteroatoms. The highest BCUT2D eigenvalue weighted by atomic mass is 35.5. The smallest absolute Gasteiger partial charge is 0.258 e. The van der Waals surface area contributed by atoms with Gasteiger partial charge in [-0.1, -0.05) is 41.6 Å². The van der Waals surface area contributed by atoms with Crippen molar-refractivity contribution in [3.63, 3.8) is 0 Å². The number of pyridine rings is 1. The molecule has 0 amide bonds. The average Bonchev–Trinajstić information content (AvgIpc) is 3.22. The van der Waals surface area contributed by atoms with Crippen molar-refractivity contribution in [1.29, 1.82) is 0 Å². The number of halogens is 1. The molecular formula is C25H20ClN5OS. The standard InChI is InChI=1S/C25H20ClN5OS/c1-16-11-12-30-22(13-16)27-20(14-23(30)32)15-33-25-29-28-24(18-7-9-19(26)10-8-18)31(25)21-6-4-3-5-17(21)2/h3-14H,15H2,1-2H3. The van der Waals surface area contributed by atoms with Gasteiger partial charge < -0.3 is 0 Å². The van der Waals surface area contributed by atoms with E-state index in [-0.39, 0.29) is 5.56 Å². The van der Waals surface area contributed by atoms with Crippen molar-refractivity contribution in [2.24, 2.45) is 0 Å². The lowest BCUT2D eigenvalue weighted by Gasteiger charge is -2.13. The fourth-order valence-electron chi connectivity index (χ4n) is 3.65. The number of fused-ring (bicyclic) bond motifs is 1. The third-order valence-electron chi connectivity index (χ3n) is 5.32. The minimum absolute atomic E-state index is 0.0992. The number of aryl methyl sites for hydroxylation is 2. The quantitative estimate of drug-likeness (QED) is 0.315. The molecule has 2 aromatic carbocycles. The van der Waals surface area contributed by atoms with Crippen LogP contribution in [0.5, 0.6) is 0 Å². The van der Waals surface area contributed by atoms with Gasteiger partial charge >= 0.3 is 0 Å². The molecule has 0 N–H and O–H groups in total. The number of rotatable bonds is 5. The molecule has 0 saturated carbocycles. The molecule has 0 bridgehead atoms. The molecule has 0 spiro atoms. The van der Waals surface area contributed by atoms with Gasteiger partial charge in [-0.15, -0.1) is 10.2 Å². The highest BCUT2D eigenvalue weighted by molar-refractivity contribution is 7.98. The minimum Gasteiger partial charge on any atom is -0.270 e. The van der Waals surface area contributed by atoms with Crippen LogP contribution in [0.3, 0.4) is 0 Å². The van der Waals surface area contributed by atoms with Gasteiger partial charge in [0.15, 0.2) is 11.0 Å². The summed E-state index contributed by atoms with van der Waals surface area (Å²) in [6.07, 6.45) is 1.75. The first-order valence-electron chi connectivity index (χ1n) is 10.4. The molecule has 5 rings (SSSR count). The van der Waals surface area contributed by atoms with Gasteiger partial charge in [0.1, 0.15) is 5.65 Å². The molecular weight excluding hydrogens is 454 g/mol. The second-order valence-electron chi connectivity index (χ2n) is 7.74. The summed E-state index contributed by atoms with van der Waals surface area (Å²) in [4.78, 5) is 17.2. The van der Waals surface area contributed by atoms with Crippen molar-refractivity contribution in [3.8, 4) is 17.1 Å². The van der Waals surface area contributed by atoms with Crippen molar-refractivity contribution in [1.82, 2.24) is 24.1 Å². The van der Waals surface area contributed by atoms with E-state index in [1.807, 2.05) is 66.1 Å². The average molecular weight is 474 g/mol. The Morgan fingerprint density at radius 3 is 2.55 bits per heavy atom. The van der Waals surface area contributed by atoms with Crippen molar-refractivity contribution in [2.75, 3.05) is 0 Å². The molecule has 0 radical (unpaired) electrons. The Hall–Kier alpha value is -3.42. The van der Waals surface area contributed by atoms with Gasteiger partial charge in [0.2, 0.25) is 0 Å². The maximum atomic E-state index is 12.5. The fraction of sp³-hybridized carbons (Fsp3) is 0.120. The van der Waals surface area contributed by atoms with Crippen molar-refractivity contribution >= 4 is 29.0 Å². The van der Waals surface area contributed by atoms with E-state index < -0.39 is 0 Å². The molecule has 6 nitrogen and oxygen atoms in total. The van der Waals surface area contributed by atoms with E-state index in [4.69, 9.17) is 11.6 Å². The van der Waals surface area contributed by atoms with Gasteiger partial charge in [0, 0.05) is 28.6 Å². The predicted molar refractivity (Wildman–Crippen MR) is 132 cm³/mol. The number of para-hydroxylation sites is 1. The first-order chi connectivity index (χ1) is 16.0. The van der Waals surface area contributed by atoms with Crippen LogP contribution >= 0.6 is 23.4 Å². The van der Waals surface area contributed by atoms with Crippen molar-refractivity contribution in [2.45, 2.75) is 24.8 Å². The zero-order valence-corrected chi connectivity index (χ0v) is 19.6. The SMILES string of the molecule is Cc1ccn2c(=O)cc(CSc3nnc(-c4ccc(Cl)cc4)n3-c3ccccc3C)nc2c1. The maximum absolute atomic E-state index is 12.5. The van der Waals surface area contributed by atoms with Crippen LogP contribution in [0.1, 0.15) is 16.8 Å². The molecule has 0 aliphatic heterocycles. The molecule has 0 aliphatic carbocycles. The van der Waals surface area contributed by atoms with E-state index in [0.717, 1.165) is 33.4 Å². The Morgan fingerprint density at radius 1 is 0.970 bits per heavy atom. The third kappa shape index (κ3) is 4.29. The Labute approximate surface area is 199 Å². The first kappa shape index (κ1) is 21.4. The normalized spacial score (nSPS) is 11.2. The lowest BCUT2D eigenvalue weighted by molar-refractivity contribution is 0.879. The molecule has 0 atom stereocenters. The third-order valence-corrected chi connectivity index (χ3v) is 6.53. The number of hydrogen-bond acceptors (Lipinski definition) is 5. The molecule has 33 heavy (non-hydrogen) atoms. The topological polar surface area (TPSA) is 65.1 Å².